The number of carbonyl (C=O) groups is 1. The van der Waals surface area contributed by atoms with E-state index in [0.717, 1.165) is 21.9 Å². The summed E-state index contributed by atoms with van der Waals surface area (Å²) in [6, 6.07) is 15.1. The molecule has 0 bridgehead atoms. The van der Waals surface area contributed by atoms with Crippen molar-refractivity contribution < 1.29 is 9.53 Å². The van der Waals surface area contributed by atoms with Crippen LogP contribution in [0, 0.1) is 0 Å². The molecule has 0 fully saturated rings. The van der Waals surface area contributed by atoms with E-state index in [-0.39, 0.29) is 5.78 Å². The number of para-hydroxylation sites is 2. The van der Waals surface area contributed by atoms with Crippen LogP contribution in [-0.4, -0.2) is 28.1 Å². The van der Waals surface area contributed by atoms with Crippen LogP contribution in [0.5, 0.6) is 5.75 Å². The Labute approximate surface area is 132 Å². The van der Waals surface area contributed by atoms with Gasteiger partial charge in [0.05, 0.1) is 23.4 Å². The second-order valence-corrected chi connectivity index (χ2v) is 5.69. The van der Waals surface area contributed by atoms with Gasteiger partial charge >= 0.3 is 0 Å². The second-order valence-electron chi connectivity index (χ2n) is 4.73. The van der Waals surface area contributed by atoms with Crippen LogP contribution in [0.3, 0.4) is 0 Å². The van der Waals surface area contributed by atoms with E-state index in [4.69, 9.17) is 4.74 Å². The number of nitrogens with one attached hydrogen (secondary N) is 1. The molecule has 1 heterocycles. The van der Waals surface area contributed by atoms with Gasteiger partial charge in [-0.15, -0.1) is 0 Å². The number of benzene rings is 2. The van der Waals surface area contributed by atoms with Crippen molar-refractivity contribution >= 4 is 28.6 Å². The first-order chi connectivity index (χ1) is 10.8. The lowest BCUT2D eigenvalue weighted by molar-refractivity contribution is 0.102. The van der Waals surface area contributed by atoms with Gasteiger partial charge in [0, 0.05) is 5.56 Å². The maximum atomic E-state index is 12.2. The Balaban J connectivity index is 1.64. The number of nitrogens with zero attached hydrogens (tertiary/aromatic N) is 1. The number of ketones is 1. The number of fused-ring (bicyclic) bond motifs is 1. The highest BCUT2D eigenvalue weighted by molar-refractivity contribution is 7.99. The standard InChI is InChI=1S/C17H16N2O2S/c1-2-21-13-9-7-12(8-10-13)16(20)11-22-17-18-14-5-3-4-6-15(14)19-17/h3-10H,2,11H2,1H3,(H,18,19). The number of H-pyrrole nitrogens is 1. The lowest BCUT2D eigenvalue weighted by atomic mass is 10.1. The smallest absolute Gasteiger partial charge is 0.173 e. The molecule has 0 amide bonds. The molecule has 0 aliphatic heterocycles. The fraction of sp³-hybridized carbons (Fsp3) is 0.176. The average Bonchev–Trinajstić information content (AvgIpc) is 2.96. The Hall–Kier alpha value is -2.27. The Morgan fingerprint density at radius 1 is 1.18 bits per heavy atom. The molecule has 0 radical (unpaired) electrons. The van der Waals surface area contributed by atoms with Crippen LogP contribution < -0.4 is 4.74 Å². The molecule has 3 aromatic rings. The first-order valence-electron chi connectivity index (χ1n) is 7.10. The number of thioether (sulfide) groups is 1. The van der Waals surface area contributed by atoms with E-state index in [1.165, 1.54) is 11.8 Å². The Morgan fingerprint density at radius 3 is 2.68 bits per heavy atom. The third-order valence-electron chi connectivity index (χ3n) is 3.19. The van der Waals surface area contributed by atoms with Gasteiger partial charge in [-0.2, -0.15) is 0 Å². The van der Waals surface area contributed by atoms with Crippen molar-refractivity contribution in [2.75, 3.05) is 12.4 Å². The van der Waals surface area contributed by atoms with Crippen molar-refractivity contribution in [3.63, 3.8) is 0 Å². The first kappa shape index (κ1) is 14.7. The zero-order chi connectivity index (χ0) is 15.4. The van der Waals surface area contributed by atoms with Crippen molar-refractivity contribution in [2.45, 2.75) is 12.1 Å². The molecule has 4 nitrogen and oxygen atoms in total. The minimum absolute atomic E-state index is 0.0773. The molecule has 0 atom stereocenters. The van der Waals surface area contributed by atoms with Crippen molar-refractivity contribution in [1.29, 1.82) is 0 Å². The van der Waals surface area contributed by atoms with Crippen LogP contribution in [0.2, 0.25) is 0 Å². The number of ether oxygens (including phenoxy) is 1. The summed E-state index contributed by atoms with van der Waals surface area (Å²) in [7, 11) is 0. The van der Waals surface area contributed by atoms with Gasteiger partial charge in [-0.25, -0.2) is 4.98 Å². The highest BCUT2D eigenvalue weighted by Crippen LogP contribution is 2.21. The molecule has 5 heteroatoms. The SMILES string of the molecule is CCOc1ccc(C(=O)CSc2nc3ccccc3[nH]2)cc1. The van der Waals surface area contributed by atoms with Gasteiger partial charge in [-0.1, -0.05) is 23.9 Å². The van der Waals surface area contributed by atoms with E-state index < -0.39 is 0 Å². The van der Waals surface area contributed by atoms with Crippen molar-refractivity contribution in [3.8, 4) is 5.75 Å². The number of rotatable bonds is 6. The summed E-state index contributed by atoms with van der Waals surface area (Å²) < 4.78 is 5.37. The summed E-state index contributed by atoms with van der Waals surface area (Å²) in [6.07, 6.45) is 0. The maximum absolute atomic E-state index is 12.2. The van der Waals surface area contributed by atoms with Crippen LogP contribution in [-0.2, 0) is 0 Å². The van der Waals surface area contributed by atoms with Crippen LogP contribution in [0.4, 0.5) is 0 Å². The van der Waals surface area contributed by atoms with E-state index in [0.29, 0.717) is 17.9 Å². The molecule has 0 saturated carbocycles. The van der Waals surface area contributed by atoms with Crippen LogP contribution in [0.25, 0.3) is 11.0 Å². The van der Waals surface area contributed by atoms with Crippen molar-refractivity contribution in [2.24, 2.45) is 0 Å². The largest absolute Gasteiger partial charge is 0.494 e. The number of imidazole rings is 1. The molecule has 1 aromatic heterocycles. The lowest BCUT2D eigenvalue weighted by Crippen LogP contribution is -2.02. The quantitative estimate of drug-likeness (QED) is 0.553. The van der Waals surface area contributed by atoms with E-state index in [1.807, 2.05) is 43.3 Å². The van der Waals surface area contributed by atoms with Gasteiger partial charge in [0.15, 0.2) is 10.9 Å². The number of aromatic amines is 1. The van der Waals surface area contributed by atoms with Crippen molar-refractivity contribution in [1.82, 2.24) is 9.97 Å². The van der Waals surface area contributed by atoms with Gasteiger partial charge < -0.3 is 9.72 Å². The fourth-order valence-electron chi connectivity index (χ4n) is 2.12. The zero-order valence-corrected chi connectivity index (χ0v) is 13.0. The number of carbonyl (C=O) groups excluding carboxylic acids is 1. The first-order valence-corrected chi connectivity index (χ1v) is 8.08. The molecule has 0 spiro atoms. The van der Waals surface area contributed by atoms with Crippen LogP contribution >= 0.6 is 11.8 Å². The molecule has 2 aromatic carbocycles. The number of Topliss-reactive ketones (excluding diaryl/α,β-unsaturated/α-hetero) is 1. The highest BCUT2D eigenvalue weighted by atomic mass is 32.2. The molecule has 0 aliphatic rings. The molecule has 0 aliphatic carbocycles. The number of hydrogen-bond donors (Lipinski definition) is 1. The van der Waals surface area contributed by atoms with Gasteiger partial charge in [0.2, 0.25) is 0 Å². The normalized spacial score (nSPS) is 10.8. The fourth-order valence-corrected chi connectivity index (χ4v) is 2.90. The van der Waals surface area contributed by atoms with E-state index in [2.05, 4.69) is 9.97 Å². The Bertz CT molecular complexity index is 748. The summed E-state index contributed by atoms with van der Waals surface area (Å²) >= 11 is 1.42. The molecular formula is C17H16N2O2S. The predicted octanol–water partition coefficient (Wildman–Crippen LogP) is 3.94. The molecule has 0 unspecified atom stereocenters. The summed E-state index contributed by atoms with van der Waals surface area (Å²) in [5.74, 6) is 1.21. The molecule has 3 rings (SSSR count). The Kier molecular flexibility index (Phi) is 4.44. The minimum Gasteiger partial charge on any atom is -0.494 e. The summed E-state index contributed by atoms with van der Waals surface area (Å²) in [4.78, 5) is 19.9. The molecule has 1 N–H and O–H groups in total. The Morgan fingerprint density at radius 2 is 1.95 bits per heavy atom. The van der Waals surface area contributed by atoms with Gasteiger partial charge in [0.25, 0.3) is 0 Å². The van der Waals surface area contributed by atoms with Crippen LogP contribution in [0.15, 0.2) is 53.7 Å². The third-order valence-corrected chi connectivity index (χ3v) is 4.07. The zero-order valence-electron chi connectivity index (χ0n) is 12.2. The highest BCUT2D eigenvalue weighted by Gasteiger charge is 2.09. The lowest BCUT2D eigenvalue weighted by Gasteiger charge is -2.04. The van der Waals surface area contributed by atoms with E-state index in [1.54, 1.807) is 12.1 Å². The molecule has 0 saturated heterocycles. The summed E-state index contributed by atoms with van der Waals surface area (Å²) in [6.45, 7) is 2.55. The van der Waals surface area contributed by atoms with Crippen LogP contribution in [0.1, 0.15) is 17.3 Å². The monoisotopic (exact) mass is 312 g/mol. The van der Waals surface area contributed by atoms with E-state index >= 15 is 0 Å². The van der Waals surface area contributed by atoms with Gasteiger partial charge in [-0.3, -0.25) is 4.79 Å². The average molecular weight is 312 g/mol. The number of hydrogen-bond acceptors (Lipinski definition) is 4. The summed E-state index contributed by atoms with van der Waals surface area (Å²) in [5.41, 5.74) is 2.59. The van der Waals surface area contributed by atoms with E-state index in [9.17, 15) is 4.79 Å². The summed E-state index contributed by atoms with van der Waals surface area (Å²) in [5, 5.41) is 0.764. The van der Waals surface area contributed by atoms with Gasteiger partial charge in [-0.05, 0) is 43.3 Å². The minimum atomic E-state index is 0.0773. The van der Waals surface area contributed by atoms with Crippen molar-refractivity contribution in [3.05, 3.63) is 54.1 Å². The molecule has 112 valence electrons. The topological polar surface area (TPSA) is 55.0 Å². The number of aromatic nitrogens is 2. The second kappa shape index (κ2) is 6.66. The predicted molar refractivity (Wildman–Crippen MR) is 88.8 cm³/mol. The van der Waals surface area contributed by atoms with Gasteiger partial charge in [0.1, 0.15) is 5.75 Å². The maximum Gasteiger partial charge on any atom is 0.173 e. The molecular weight excluding hydrogens is 296 g/mol. The molecule has 22 heavy (non-hydrogen) atoms. The third kappa shape index (κ3) is 3.31.